The Bertz CT molecular complexity index is 835. The monoisotopic (exact) mass is 390 g/mol. The highest BCUT2D eigenvalue weighted by atomic mass is 35.5. The van der Waals surface area contributed by atoms with Gasteiger partial charge in [0.2, 0.25) is 0 Å². The Kier molecular flexibility index (Phi) is 4.83. The van der Waals surface area contributed by atoms with Gasteiger partial charge in [-0.15, -0.1) is 11.3 Å². The second-order valence-electron chi connectivity index (χ2n) is 5.93. The van der Waals surface area contributed by atoms with Gasteiger partial charge in [-0.05, 0) is 19.5 Å². The van der Waals surface area contributed by atoms with Gasteiger partial charge in [-0.2, -0.15) is 0 Å². The first-order valence-electron chi connectivity index (χ1n) is 7.28. The highest BCUT2D eigenvalue weighted by Crippen LogP contribution is 2.34. The van der Waals surface area contributed by atoms with Gasteiger partial charge in [0, 0.05) is 24.4 Å². The van der Waals surface area contributed by atoms with Gasteiger partial charge < -0.3 is 10.1 Å². The third kappa shape index (κ3) is 3.72. The Morgan fingerprint density at radius 2 is 2.29 bits per heavy atom. The molecule has 130 valence electrons. The molecule has 0 bridgehead atoms. The standard InChI is InChI=1S/C15H16ClFN2O3S2/c1-15(2-3-18-8-15)22-13-5-12(17)14(4-11(13)16)24(20,21)7-10-6-23-9-19-10/h4-6,9,18H,2-3,7-8H2,1H3. The zero-order chi connectivity index (χ0) is 17.4. The normalized spacial score (nSPS) is 21.1. The highest BCUT2D eigenvalue weighted by molar-refractivity contribution is 7.90. The zero-order valence-electron chi connectivity index (χ0n) is 12.9. The van der Waals surface area contributed by atoms with Crippen molar-refractivity contribution >= 4 is 32.8 Å². The molecule has 0 amide bonds. The number of nitrogens with zero attached hydrogens (tertiary/aromatic N) is 1. The Balaban J connectivity index is 1.89. The van der Waals surface area contributed by atoms with E-state index < -0.39 is 26.2 Å². The van der Waals surface area contributed by atoms with Gasteiger partial charge in [0.25, 0.3) is 0 Å². The van der Waals surface area contributed by atoms with E-state index in [2.05, 4.69) is 10.3 Å². The van der Waals surface area contributed by atoms with Crippen LogP contribution in [0.1, 0.15) is 19.0 Å². The molecule has 9 heteroatoms. The van der Waals surface area contributed by atoms with Gasteiger partial charge in [-0.1, -0.05) is 11.6 Å². The molecule has 0 aliphatic carbocycles. The molecule has 5 nitrogen and oxygen atoms in total. The number of thiazole rings is 1. The molecular weight excluding hydrogens is 375 g/mol. The molecule has 0 radical (unpaired) electrons. The Hall–Kier alpha value is -1.22. The van der Waals surface area contributed by atoms with Crippen LogP contribution in [0, 0.1) is 5.82 Å². The van der Waals surface area contributed by atoms with E-state index >= 15 is 0 Å². The molecule has 1 aliphatic heterocycles. The number of nitrogens with one attached hydrogen (secondary N) is 1. The average molecular weight is 391 g/mol. The highest BCUT2D eigenvalue weighted by Gasteiger charge is 2.32. The van der Waals surface area contributed by atoms with Gasteiger partial charge >= 0.3 is 0 Å². The van der Waals surface area contributed by atoms with Crippen LogP contribution in [0.5, 0.6) is 5.75 Å². The molecule has 0 saturated carbocycles. The van der Waals surface area contributed by atoms with Crippen LogP contribution in [0.4, 0.5) is 4.39 Å². The predicted molar refractivity (Wildman–Crippen MR) is 90.9 cm³/mol. The van der Waals surface area contributed by atoms with Crippen LogP contribution in [0.25, 0.3) is 0 Å². The van der Waals surface area contributed by atoms with Crippen LogP contribution in [0.15, 0.2) is 27.9 Å². The summed E-state index contributed by atoms with van der Waals surface area (Å²) in [5.41, 5.74) is 1.42. The van der Waals surface area contributed by atoms with Crippen LogP contribution in [0.3, 0.4) is 0 Å². The number of hydrogen-bond donors (Lipinski definition) is 1. The first kappa shape index (κ1) is 17.6. The fourth-order valence-corrected chi connectivity index (χ4v) is 4.84. The first-order valence-corrected chi connectivity index (χ1v) is 10.2. The smallest absolute Gasteiger partial charge is 0.187 e. The number of hydrogen-bond acceptors (Lipinski definition) is 6. The molecule has 24 heavy (non-hydrogen) atoms. The second-order valence-corrected chi connectivity index (χ2v) is 9.01. The van der Waals surface area contributed by atoms with Crippen molar-refractivity contribution in [2.45, 2.75) is 29.6 Å². The maximum absolute atomic E-state index is 14.4. The second kappa shape index (κ2) is 6.59. The van der Waals surface area contributed by atoms with Crippen molar-refractivity contribution in [3.63, 3.8) is 0 Å². The van der Waals surface area contributed by atoms with Crippen molar-refractivity contribution in [2.75, 3.05) is 13.1 Å². The van der Waals surface area contributed by atoms with Gasteiger partial charge in [-0.3, -0.25) is 0 Å². The average Bonchev–Trinajstić information content (AvgIpc) is 3.14. The number of rotatable bonds is 5. The Morgan fingerprint density at radius 1 is 1.50 bits per heavy atom. The van der Waals surface area contributed by atoms with Gasteiger partial charge in [0.15, 0.2) is 9.84 Å². The molecule has 1 fully saturated rings. The lowest BCUT2D eigenvalue weighted by Crippen LogP contribution is -2.34. The molecule has 1 unspecified atom stereocenters. The van der Waals surface area contributed by atoms with Crippen molar-refractivity contribution in [1.82, 2.24) is 10.3 Å². The summed E-state index contributed by atoms with van der Waals surface area (Å²) in [5, 5.41) is 4.85. The van der Waals surface area contributed by atoms with E-state index in [-0.39, 0.29) is 16.5 Å². The number of sulfone groups is 1. The molecule has 2 heterocycles. The number of aromatic nitrogens is 1. The van der Waals surface area contributed by atoms with Crippen LogP contribution in [0.2, 0.25) is 5.02 Å². The van der Waals surface area contributed by atoms with E-state index in [1.54, 1.807) is 5.38 Å². The fourth-order valence-electron chi connectivity index (χ4n) is 2.55. The van der Waals surface area contributed by atoms with E-state index in [4.69, 9.17) is 16.3 Å². The van der Waals surface area contributed by atoms with Crippen molar-refractivity contribution < 1.29 is 17.5 Å². The molecule has 0 spiro atoms. The number of benzene rings is 1. The van der Waals surface area contributed by atoms with E-state index in [0.717, 1.165) is 25.1 Å². The summed E-state index contributed by atoms with van der Waals surface area (Å²) in [4.78, 5) is 3.48. The van der Waals surface area contributed by atoms with Crippen molar-refractivity contribution in [1.29, 1.82) is 0 Å². The van der Waals surface area contributed by atoms with E-state index in [1.165, 1.54) is 16.8 Å². The van der Waals surface area contributed by atoms with Crippen LogP contribution in [-0.4, -0.2) is 32.1 Å². The largest absolute Gasteiger partial charge is 0.485 e. The molecule has 2 aromatic rings. The lowest BCUT2D eigenvalue weighted by Gasteiger charge is -2.25. The first-order chi connectivity index (χ1) is 11.3. The minimum atomic E-state index is -3.88. The van der Waals surface area contributed by atoms with E-state index in [0.29, 0.717) is 12.2 Å². The summed E-state index contributed by atoms with van der Waals surface area (Å²) in [6, 6.07) is 2.15. The van der Waals surface area contributed by atoms with Crippen LogP contribution < -0.4 is 10.1 Å². The summed E-state index contributed by atoms with van der Waals surface area (Å²) in [7, 11) is -3.88. The maximum atomic E-state index is 14.4. The van der Waals surface area contributed by atoms with Crippen molar-refractivity contribution in [3.05, 3.63) is 39.6 Å². The quantitative estimate of drug-likeness (QED) is 0.849. The third-order valence-corrected chi connectivity index (χ3v) is 6.42. The molecule has 1 atom stereocenters. The topological polar surface area (TPSA) is 68.3 Å². The van der Waals surface area contributed by atoms with Gasteiger partial charge in [0.05, 0.1) is 22.0 Å². The minimum Gasteiger partial charge on any atom is -0.485 e. The van der Waals surface area contributed by atoms with Crippen LogP contribution in [-0.2, 0) is 15.6 Å². The lowest BCUT2D eigenvalue weighted by atomic mass is 10.1. The van der Waals surface area contributed by atoms with Gasteiger partial charge in [0.1, 0.15) is 22.1 Å². The molecule has 1 aromatic carbocycles. The summed E-state index contributed by atoms with van der Waals surface area (Å²) < 4.78 is 45.0. The Morgan fingerprint density at radius 3 is 2.92 bits per heavy atom. The fraction of sp³-hybridized carbons (Fsp3) is 0.400. The summed E-state index contributed by atoms with van der Waals surface area (Å²) in [5.74, 6) is -1.10. The zero-order valence-corrected chi connectivity index (χ0v) is 15.3. The minimum absolute atomic E-state index is 0.0707. The third-order valence-electron chi connectivity index (χ3n) is 3.83. The summed E-state index contributed by atoms with van der Waals surface area (Å²) >= 11 is 7.42. The van der Waals surface area contributed by atoms with Crippen molar-refractivity contribution in [2.24, 2.45) is 0 Å². The number of halogens is 2. The molecule has 1 aliphatic rings. The molecular formula is C15H16ClFN2O3S2. The van der Waals surface area contributed by atoms with E-state index in [9.17, 15) is 12.8 Å². The molecule has 3 rings (SSSR count). The molecule has 1 N–H and O–H groups in total. The summed E-state index contributed by atoms with van der Waals surface area (Å²) in [6.45, 7) is 3.32. The summed E-state index contributed by atoms with van der Waals surface area (Å²) in [6.07, 6.45) is 0.759. The van der Waals surface area contributed by atoms with E-state index in [1.807, 2.05) is 6.92 Å². The van der Waals surface area contributed by atoms with Crippen LogP contribution >= 0.6 is 22.9 Å². The Labute approximate surface area is 148 Å². The SMILES string of the molecule is CC1(Oc2cc(F)c(S(=O)(=O)Cc3cscn3)cc2Cl)CCNC1. The van der Waals surface area contributed by atoms with Gasteiger partial charge in [-0.25, -0.2) is 17.8 Å². The molecule has 1 aromatic heterocycles. The number of ether oxygens (including phenoxy) is 1. The molecule has 1 saturated heterocycles. The lowest BCUT2D eigenvalue weighted by molar-refractivity contribution is 0.110. The maximum Gasteiger partial charge on any atom is 0.187 e. The predicted octanol–water partition coefficient (Wildman–Crippen LogP) is 3.04. The van der Waals surface area contributed by atoms with Crippen molar-refractivity contribution in [3.8, 4) is 5.75 Å².